The number of carbonyl (C=O) groups excluding carboxylic acids is 1. The zero-order valence-corrected chi connectivity index (χ0v) is 10.6. The number of amides is 1. The third-order valence-corrected chi connectivity index (χ3v) is 2.90. The van der Waals surface area contributed by atoms with Gasteiger partial charge in [-0.3, -0.25) is 4.79 Å². The van der Waals surface area contributed by atoms with E-state index >= 15 is 0 Å². The predicted molar refractivity (Wildman–Crippen MR) is 65.7 cm³/mol. The number of carbonyl (C=O) groups is 1. The van der Waals surface area contributed by atoms with Gasteiger partial charge in [0.1, 0.15) is 6.61 Å². The highest BCUT2D eigenvalue weighted by atomic mass is 16.5. The normalized spacial score (nSPS) is 24.8. The van der Waals surface area contributed by atoms with E-state index in [9.17, 15) is 4.79 Å². The summed E-state index contributed by atoms with van der Waals surface area (Å²) in [5, 5.41) is 3.43. The Morgan fingerprint density at radius 3 is 3.12 bits per heavy atom. The van der Waals surface area contributed by atoms with Crippen molar-refractivity contribution in [2.75, 3.05) is 26.4 Å². The number of nitrogens with two attached hydrogens (primary N) is 1. The molecule has 0 aromatic heterocycles. The number of rotatable bonds is 8. The first-order valence-electron chi connectivity index (χ1n) is 6.43. The van der Waals surface area contributed by atoms with Gasteiger partial charge in [-0.25, -0.2) is 0 Å². The maximum atomic E-state index is 10.4. The van der Waals surface area contributed by atoms with Crippen molar-refractivity contribution >= 4 is 5.91 Å². The van der Waals surface area contributed by atoms with Crippen LogP contribution in [0, 0.1) is 0 Å². The second kappa shape index (κ2) is 8.44. The Labute approximate surface area is 103 Å². The zero-order valence-electron chi connectivity index (χ0n) is 10.6. The van der Waals surface area contributed by atoms with Gasteiger partial charge in [-0.05, 0) is 19.3 Å². The first-order valence-corrected chi connectivity index (χ1v) is 6.43. The highest BCUT2D eigenvalue weighted by Gasteiger charge is 2.21. The van der Waals surface area contributed by atoms with Crippen LogP contribution in [0.3, 0.4) is 0 Å². The number of hydrogen-bond acceptors (Lipinski definition) is 4. The minimum atomic E-state index is -0.418. The molecule has 100 valence electrons. The van der Waals surface area contributed by atoms with E-state index in [4.69, 9.17) is 15.2 Å². The van der Waals surface area contributed by atoms with Crippen molar-refractivity contribution in [2.24, 2.45) is 5.73 Å². The molecule has 0 aromatic carbocycles. The van der Waals surface area contributed by atoms with Crippen LogP contribution in [0.2, 0.25) is 0 Å². The number of nitrogens with one attached hydrogen (secondary N) is 1. The summed E-state index contributed by atoms with van der Waals surface area (Å²) in [6.07, 6.45) is 4.83. The number of hydrogen-bond donors (Lipinski definition) is 2. The van der Waals surface area contributed by atoms with Crippen LogP contribution in [-0.4, -0.2) is 44.4 Å². The molecular formula is C12H24N2O3. The smallest absolute Gasteiger partial charge is 0.243 e. The molecule has 0 aromatic rings. The molecule has 0 saturated carbocycles. The first kappa shape index (κ1) is 14.4. The third kappa shape index (κ3) is 6.61. The fourth-order valence-electron chi connectivity index (χ4n) is 2.10. The Bertz CT molecular complexity index is 222. The average Bonchev–Trinajstić information content (AvgIpc) is 2.29. The molecule has 1 fully saturated rings. The van der Waals surface area contributed by atoms with Gasteiger partial charge in [-0.1, -0.05) is 13.3 Å². The molecule has 1 amide bonds. The summed E-state index contributed by atoms with van der Waals surface area (Å²) < 4.78 is 10.8. The fourth-order valence-corrected chi connectivity index (χ4v) is 2.10. The molecule has 0 radical (unpaired) electrons. The minimum absolute atomic E-state index is 0.00785. The highest BCUT2D eigenvalue weighted by molar-refractivity contribution is 5.74. The lowest BCUT2D eigenvalue weighted by Crippen LogP contribution is -2.40. The van der Waals surface area contributed by atoms with Gasteiger partial charge in [0.25, 0.3) is 0 Å². The summed E-state index contributed by atoms with van der Waals surface area (Å²) in [6.45, 7) is 4.31. The van der Waals surface area contributed by atoms with Crippen LogP contribution in [-0.2, 0) is 14.3 Å². The molecule has 0 bridgehead atoms. The highest BCUT2D eigenvalue weighted by Crippen LogP contribution is 2.17. The second-order valence-electron chi connectivity index (χ2n) is 4.48. The van der Waals surface area contributed by atoms with Crippen LogP contribution in [0.1, 0.15) is 32.6 Å². The summed E-state index contributed by atoms with van der Waals surface area (Å²) in [6, 6.07) is 0.512. The van der Waals surface area contributed by atoms with E-state index in [0.29, 0.717) is 18.8 Å². The largest absolute Gasteiger partial charge is 0.378 e. The van der Waals surface area contributed by atoms with Crippen molar-refractivity contribution in [1.82, 2.24) is 5.32 Å². The predicted octanol–water partition coefficient (Wildman–Crippen LogP) is 0.426. The van der Waals surface area contributed by atoms with Crippen LogP contribution in [0.4, 0.5) is 0 Å². The molecule has 3 N–H and O–H groups in total. The summed E-state index contributed by atoms with van der Waals surface area (Å²) >= 11 is 0. The van der Waals surface area contributed by atoms with E-state index in [1.54, 1.807) is 0 Å². The molecule has 5 nitrogen and oxygen atoms in total. The van der Waals surface area contributed by atoms with Crippen LogP contribution < -0.4 is 11.1 Å². The minimum Gasteiger partial charge on any atom is -0.378 e. The fraction of sp³-hybridized carbons (Fsp3) is 0.917. The standard InChI is InChI=1S/C12H24N2O3/c1-2-3-11-8-10(4-6-17-11)14-5-7-16-9-12(13)15/h10-11,14H,2-9H2,1H3,(H2,13,15). The van der Waals surface area contributed by atoms with E-state index in [0.717, 1.165) is 32.4 Å². The Balaban J connectivity index is 2.04. The lowest BCUT2D eigenvalue weighted by atomic mass is 10.0. The van der Waals surface area contributed by atoms with Crippen LogP contribution in [0.5, 0.6) is 0 Å². The molecule has 5 heteroatoms. The molecule has 1 aliphatic heterocycles. The topological polar surface area (TPSA) is 73.6 Å². The molecule has 17 heavy (non-hydrogen) atoms. The quantitative estimate of drug-likeness (QED) is 0.607. The van der Waals surface area contributed by atoms with Gasteiger partial charge in [0.15, 0.2) is 0 Å². The van der Waals surface area contributed by atoms with Crippen LogP contribution >= 0.6 is 0 Å². The Morgan fingerprint density at radius 2 is 2.41 bits per heavy atom. The van der Waals surface area contributed by atoms with Crippen LogP contribution in [0.15, 0.2) is 0 Å². The van der Waals surface area contributed by atoms with E-state index in [-0.39, 0.29) is 6.61 Å². The lowest BCUT2D eigenvalue weighted by Gasteiger charge is -2.30. The van der Waals surface area contributed by atoms with Gasteiger partial charge in [-0.2, -0.15) is 0 Å². The molecule has 2 atom stereocenters. The molecule has 0 aliphatic carbocycles. The lowest BCUT2D eigenvalue weighted by molar-refractivity contribution is -0.122. The van der Waals surface area contributed by atoms with Gasteiger partial charge >= 0.3 is 0 Å². The number of primary amides is 1. The Morgan fingerprint density at radius 1 is 1.59 bits per heavy atom. The molecule has 1 aliphatic rings. The van der Waals surface area contributed by atoms with Gasteiger partial charge in [0.05, 0.1) is 12.7 Å². The molecule has 1 rings (SSSR count). The SMILES string of the molecule is CCCC1CC(NCCOCC(N)=O)CCO1. The van der Waals surface area contributed by atoms with E-state index in [2.05, 4.69) is 12.2 Å². The Kier molecular flexibility index (Phi) is 7.16. The van der Waals surface area contributed by atoms with Crippen molar-refractivity contribution in [3.8, 4) is 0 Å². The summed E-state index contributed by atoms with van der Waals surface area (Å²) in [4.78, 5) is 10.4. The molecular weight excluding hydrogens is 220 g/mol. The summed E-state index contributed by atoms with van der Waals surface area (Å²) in [7, 11) is 0. The zero-order chi connectivity index (χ0) is 12.5. The summed E-state index contributed by atoms with van der Waals surface area (Å²) in [5.41, 5.74) is 4.97. The monoisotopic (exact) mass is 244 g/mol. The van der Waals surface area contributed by atoms with Crippen molar-refractivity contribution in [3.63, 3.8) is 0 Å². The van der Waals surface area contributed by atoms with E-state index < -0.39 is 5.91 Å². The van der Waals surface area contributed by atoms with E-state index in [1.165, 1.54) is 6.42 Å². The van der Waals surface area contributed by atoms with Crippen molar-refractivity contribution < 1.29 is 14.3 Å². The first-order chi connectivity index (χ1) is 8.22. The third-order valence-electron chi connectivity index (χ3n) is 2.90. The molecule has 0 spiro atoms. The average molecular weight is 244 g/mol. The van der Waals surface area contributed by atoms with Crippen LogP contribution in [0.25, 0.3) is 0 Å². The van der Waals surface area contributed by atoms with Gasteiger partial charge in [-0.15, -0.1) is 0 Å². The number of ether oxygens (including phenoxy) is 2. The molecule has 2 unspecified atom stereocenters. The maximum absolute atomic E-state index is 10.4. The van der Waals surface area contributed by atoms with E-state index in [1.807, 2.05) is 0 Å². The van der Waals surface area contributed by atoms with Gasteiger partial charge in [0.2, 0.25) is 5.91 Å². The molecule has 1 heterocycles. The van der Waals surface area contributed by atoms with Gasteiger partial charge in [0, 0.05) is 19.2 Å². The second-order valence-corrected chi connectivity index (χ2v) is 4.48. The maximum Gasteiger partial charge on any atom is 0.243 e. The van der Waals surface area contributed by atoms with Crippen molar-refractivity contribution in [2.45, 2.75) is 44.8 Å². The van der Waals surface area contributed by atoms with Crippen molar-refractivity contribution in [1.29, 1.82) is 0 Å². The summed E-state index contributed by atoms with van der Waals surface area (Å²) in [5.74, 6) is -0.418. The van der Waals surface area contributed by atoms with Gasteiger partial charge < -0.3 is 20.5 Å². The Hall–Kier alpha value is -0.650. The van der Waals surface area contributed by atoms with Crippen molar-refractivity contribution in [3.05, 3.63) is 0 Å². The molecule has 1 saturated heterocycles.